The van der Waals surface area contributed by atoms with Crippen molar-refractivity contribution in [2.45, 2.75) is 0 Å². The van der Waals surface area contributed by atoms with Crippen LogP contribution in [0.1, 0.15) is 0 Å². The lowest BCUT2D eigenvalue weighted by Gasteiger charge is -2.17. The molecule has 0 saturated heterocycles. The fraction of sp³-hybridized carbons (Fsp3) is 0. The van der Waals surface area contributed by atoms with Crippen molar-refractivity contribution < 1.29 is 4.42 Å². The quantitative estimate of drug-likeness (QED) is 0.174. The van der Waals surface area contributed by atoms with E-state index in [2.05, 4.69) is 162 Å². The lowest BCUT2D eigenvalue weighted by Crippen LogP contribution is -2.04. The minimum atomic E-state index is 0.621. The van der Waals surface area contributed by atoms with Gasteiger partial charge in [0.15, 0.2) is 0 Å². The van der Waals surface area contributed by atoms with Crippen LogP contribution in [0.5, 0.6) is 0 Å². The van der Waals surface area contributed by atoms with Crippen LogP contribution in [-0.4, -0.2) is 14.5 Å². The molecule has 0 aliphatic carbocycles. The van der Waals surface area contributed by atoms with Gasteiger partial charge in [-0.15, -0.1) is 0 Å². The van der Waals surface area contributed by atoms with E-state index in [0.717, 1.165) is 60.9 Å². The summed E-state index contributed by atoms with van der Waals surface area (Å²) in [5.41, 5.74) is 7.65. The van der Waals surface area contributed by atoms with Gasteiger partial charge in [0.05, 0.1) is 22.4 Å². The monoisotopic (exact) mass is 687 g/mol. The molecule has 54 heavy (non-hydrogen) atoms. The van der Waals surface area contributed by atoms with Gasteiger partial charge in [0.2, 0.25) is 5.95 Å². The molecule has 12 rings (SSSR count). The standard InChI is InChI=1S/C50H29N3O/c1-3-15-30(16-4-1)39-29-40(31-17-5-2-6-18-31)52-50(51-39)53-41-27-28-43-45(38-25-13-14-26-42(38)54-43)48(41)47-37-24-12-11-23-36(37)44-34-21-9-7-19-32(34)33-20-8-10-22-35(33)46(44)49(47)53/h1-29H. The van der Waals surface area contributed by atoms with Crippen molar-refractivity contribution in [1.82, 2.24) is 14.5 Å². The average molecular weight is 688 g/mol. The van der Waals surface area contributed by atoms with Gasteiger partial charge in [-0.05, 0) is 56.6 Å². The van der Waals surface area contributed by atoms with E-state index in [-0.39, 0.29) is 0 Å². The van der Waals surface area contributed by atoms with Crippen molar-refractivity contribution in [3.63, 3.8) is 0 Å². The number of hydrogen-bond acceptors (Lipinski definition) is 3. The van der Waals surface area contributed by atoms with Crippen LogP contribution >= 0.6 is 0 Å². The smallest absolute Gasteiger partial charge is 0.235 e. The van der Waals surface area contributed by atoms with E-state index in [1.807, 2.05) is 18.2 Å². The molecule has 0 aliphatic rings. The molecule has 0 aliphatic heterocycles. The number of hydrogen-bond donors (Lipinski definition) is 0. The Bertz CT molecular complexity index is 3430. The van der Waals surface area contributed by atoms with Gasteiger partial charge >= 0.3 is 0 Å². The molecule has 9 aromatic carbocycles. The molecule has 0 saturated carbocycles. The second kappa shape index (κ2) is 11.1. The highest BCUT2D eigenvalue weighted by Crippen LogP contribution is 2.50. The Labute approximate surface area is 309 Å². The van der Waals surface area contributed by atoms with Crippen LogP contribution in [0.15, 0.2) is 180 Å². The minimum Gasteiger partial charge on any atom is -0.456 e. The van der Waals surface area contributed by atoms with E-state index in [9.17, 15) is 0 Å². The van der Waals surface area contributed by atoms with Crippen molar-refractivity contribution >= 4 is 86.8 Å². The number of para-hydroxylation sites is 1. The summed E-state index contributed by atoms with van der Waals surface area (Å²) in [6.07, 6.45) is 0. The number of fused-ring (bicyclic) bond motifs is 17. The Morgan fingerprint density at radius 1 is 0.352 bits per heavy atom. The first-order chi connectivity index (χ1) is 26.8. The van der Waals surface area contributed by atoms with Gasteiger partial charge in [-0.2, -0.15) is 0 Å². The first-order valence-electron chi connectivity index (χ1n) is 18.3. The van der Waals surface area contributed by atoms with Gasteiger partial charge < -0.3 is 4.42 Å². The van der Waals surface area contributed by atoms with Crippen molar-refractivity contribution in [3.05, 3.63) is 176 Å². The topological polar surface area (TPSA) is 43.9 Å². The minimum absolute atomic E-state index is 0.621. The molecule has 4 nitrogen and oxygen atoms in total. The summed E-state index contributed by atoms with van der Waals surface area (Å²) >= 11 is 0. The molecule has 12 aromatic rings. The maximum atomic E-state index is 6.57. The molecule has 3 aromatic heterocycles. The highest BCUT2D eigenvalue weighted by atomic mass is 16.3. The predicted molar refractivity (Wildman–Crippen MR) is 225 cm³/mol. The summed E-state index contributed by atoms with van der Waals surface area (Å²) in [6.45, 7) is 0. The molecule has 3 heterocycles. The lowest BCUT2D eigenvalue weighted by molar-refractivity contribution is 0.669. The van der Waals surface area contributed by atoms with E-state index in [0.29, 0.717) is 5.95 Å². The third kappa shape index (κ3) is 4.02. The maximum absolute atomic E-state index is 6.57. The van der Waals surface area contributed by atoms with Crippen molar-refractivity contribution in [1.29, 1.82) is 0 Å². The zero-order chi connectivity index (χ0) is 35.3. The normalized spacial score (nSPS) is 12.1. The molecule has 0 radical (unpaired) electrons. The zero-order valence-electron chi connectivity index (χ0n) is 29.0. The number of furan rings is 1. The summed E-state index contributed by atoms with van der Waals surface area (Å²) < 4.78 is 8.90. The number of nitrogens with zero attached hydrogens (tertiary/aromatic N) is 3. The molecule has 0 unspecified atom stereocenters. The van der Waals surface area contributed by atoms with Crippen molar-refractivity contribution in [2.24, 2.45) is 0 Å². The highest BCUT2D eigenvalue weighted by Gasteiger charge is 2.26. The van der Waals surface area contributed by atoms with E-state index < -0.39 is 0 Å². The third-order valence-electron chi connectivity index (χ3n) is 11.2. The van der Waals surface area contributed by atoms with Crippen LogP contribution in [-0.2, 0) is 0 Å². The fourth-order valence-electron chi connectivity index (χ4n) is 8.94. The van der Waals surface area contributed by atoms with Gasteiger partial charge in [-0.3, -0.25) is 4.57 Å². The van der Waals surface area contributed by atoms with Crippen LogP contribution in [0.2, 0.25) is 0 Å². The summed E-state index contributed by atoms with van der Waals surface area (Å²) in [5.74, 6) is 0.621. The third-order valence-corrected chi connectivity index (χ3v) is 11.2. The van der Waals surface area contributed by atoms with Crippen molar-refractivity contribution in [2.75, 3.05) is 0 Å². The van der Waals surface area contributed by atoms with Gasteiger partial charge in [0, 0.05) is 43.4 Å². The van der Waals surface area contributed by atoms with E-state index in [4.69, 9.17) is 14.4 Å². The Kier molecular flexibility index (Phi) is 6.02. The highest BCUT2D eigenvalue weighted by molar-refractivity contribution is 6.44. The van der Waals surface area contributed by atoms with E-state index in [1.54, 1.807) is 0 Å². The largest absolute Gasteiger partial charge is 0.456 e. The molecular weight excluding hydrogens is 659 g/mol. The fourth-order valence-corrected chi connectivity index (χ4v) is 8.94. The molecular formula is C50H29N3O. The predicted octanol–water partition coefficient (Wildman–Crippen LogP) is 13.4. The van der Waals surface area contributed by atoms with Crippen LogP contribution in [0.25, 0.3) is 115 Å². The van der Waals surface area contributed by atoms with E-state index >= 15 is 0 Å². The van der Waals surface area contributed by atoms with E-state index in [1.165, 1.54) is 48.5 Å². The van der Waals surface area contributed by atoms with Gasteiger partial charge in [-0.1, -0.05) is 152 Å². The summed E-state index contributed by atoms with van der Waals surface area (Å²) in [5, 5.41) is 14.2. The van der Waals surface area contributed by atoms with Crippen LogP contribution < -0.4 is 0 Å². The lowest BCUT2D eigenvalue weighted by atomic mass is 9.88. The van der Waals surface area contributed by atoms with Crippen molar-refractivity contribution in [3.8, 4) is 28.5 Å². The molecule has 0 atom stereocenters. The molecule has 0 amide bonds. The number of aromatic nitrogens is 3. The SMILES string of the molecule is c1ccc(-c2cc(-c3ccccc3)nc(-n3c4ccc5oc6ccccc6c5c4c4c5ccccc5c5c6ccccc6c6ccccc6c5c43)n2)cc1. The molecule has 0 bridgehead atoms. The molecule has 0 fully saturated rings. The molecule has 0 spiro atoms. The Balaban J connectivity index is 1.40. The summed E-state index contributed by atoms with van der Waals surface area (Å²) in [7, 11) is 0. The number of benzene rings is 9. The van der Waals surface area contributed by atoms with Crippen LogP contribution in [0.3, 0.4) is 0 Å². The molecule has 250 valence electrons. The Morgan fingerprint density at radius 2 is 0.815 bits per heavy atom. The zero-order valence-corrected chi connectivity index (χ0v) is 29.0. The van der Waals surface area contributed by atoms with Gasteiger partial charge in [0.1, 0.15) is 11.2 Å². The Morgan fingerprint density at radius 3 is 1.43 bits per heavy atom. The van der Waals surface area contributed by atoms with Gasteiger partial charge in [-0.25, -0.2) is 9.97 Å². The first-order valence-corrected chi connectivity index (χ1v) is 18.3. The summed E-state index contributed by atoms with van der Waals surface area (Å²) in [6, 6.07) is 62.2. The first kappa shape index (κ1) is 29.3. The second-order valence-corrected chi connectivity index (χ2v) is 14.0. The second-order valence-electron chi connectivity index (χ2n) is 14.0. The average Bonchev–Trinajstić information content (AvgIpc) is 3.80. The number of rotatable bonds is 3. The maximum Gasteiger partial charge on any atom is 0.235 e. The molecule has 0 N–H and O–H groups in total. The molecule has 4 heteroatoms. The van der Waals surface area contributed by atoms with Gasteiger partial charge in [0.25, 0.3) is 0 Å². The van der Waals surface area contributed by atoms with Crippen LogP contribution in [0, 0.1) is 0 Å². The summed E-state index contributed by atoms with van der Waals surface area (Å²) in [4.78, 5) is 10.9. The van der Waals surface area contributed by atoms with Crippen LogP contribution in [0.4, 0.5) is 0 Å². The Hall–Kier alpha value is -7.30.